The Morgan fingerprint density at radius 2 is 1.73 bits per heavy atom. The predicted molar refractivity (Wildman–Crippen MR) is 180 cm³/mol. The van der Waals surface area contributed by atoms with E-state index in [4.69, 9.17) is 19.4 Å². The lowest BCUT2D eigenvalue weighted by Crippen LogP contribution is -2.46. The van der Waals surface area contributed by atoms with Crippen molar-refractivity contribution in [1.29, 1.82) is 5.26 Å². The van der Waals surface area contributed by atoms with Crippen molar-refractivity contribution in [1.82, 2.24) is 24.9 Å². The van der Waals surface area contributed by atoms with Crippen LogP contribution in [0.5, 0.6) is 11.8 Å². The quantitative estimate of drug-likeness (QED) is 0.249. The third-order valence-corrected chi connectivity index (χ3v) is 8.79. The molecule has 1 atom stereocenters. The van der Waals surface area contributed by atoms with E-state index < -0.39 is 0 Å². The highest BCUT2D eigenvalue weighted by atomic mass is 16.5. The van der Waals surface area contributed by atoms with Crippen LogP contribution in [0.1, 0.15) is 50.5 Å². The third-order valence-electron chi connectivity index (χ3n) is 8.79. The topological polar surface area (TPSA) is 163 Å². The molecule has 0 spiro atoms. The van der Waals surface area contributed by atoms with Gasteiger partial charge >= 0.3 is 6.01 Å². The van der Waals surface area contributed by atoms with Crippen LogP contribution in [0.25, 0.3) is 11.1 Å². The van der Waals surface area contributed by atoms with Gasteiger partial charge in [-0.1, -0.05) is 18.2 Å². The SMILES string of the molecule is COc1ncc(-c2ccc(N(C(=O)COc3ccccc3)C3CCC(Nc4ncc(C#N)c(N5CCCC(O)CC5)n4)CC3)nc2)cn1. The van der Waals surface area contributed by atoms with E-state index in [-0.39, 0.29) is 36.7 Å². The maximum absolute atomic E-state index is 13.8. The molecular formula is C35H39N9O4. The summed E-state index contributed by atoms with van der Waals surface area (Å²) in [5.41, 5.74) is 2.03. The van der Waals surface area contributed by atoms with Crippen molar-refractivity contribution in [2.75, 3.05) is 41.9 Å². The van der Waals surface area contributed by atoms with Crippen LogP contribution in [-0.2, 0) is 4.79 Å². The minimum atomic E-state index is -0.331. The molecule has 6 rings (SSSR count). The minimum Gasteiger partial charge on any atom is -0.484 e. The second-order valence-electron chi connectivity index (χ2n) is 12.0. The van der Waals surface area contributed by atoms with Crippen molar-refractivity contribution >= 4 is 23.5 Å². The monoisotopic (exact) mass is 649 g/mol. The van der Waals surface area contributed by atoms with Gasteiger partial charge < -0.3 is 24.8 Å². The molecular weight excluding hydrogens is 610 g/mol. The number of ether oxygens (including phenoxy) is 2. The van der Waals surface area contributed by atoms with E-state index in [2.05, 4.69) is 31.2 Å². The van der Waals surface area contributed by atoms with E-state index in [1.54, 1.807) is 29.7 Å². The molecule has 0 radical (unpaired) electrons. The number of aliphatic hydroxyl groups excluding tert-OH is 1. The van der Waals surface area contributed by atoms with Crippen molar-refractivity contribution in [3.63, 3.8) is 0 Å². The average molecular weight is 650 g/mol. The first kappa shape index (κ1) is 32.6. The van der Waals surface area contributed by atoms with Crippen LogP contribution < -0.4 is 24.6 Å². The van der Waals surface area contributed by atoms with Crippen molar-refractivity contribution in [3.8, 4) is 29.0 Å². The summed E-state index contributed by atoms with van der Waals surface area (Å²) in [7, 11) is 1.52. The molecule has 1 saturated heterocycles. The lowest BCUT2D eigenvalue weighted by molar-refractivity contribution is -0.121. The highest BCUT2D eigenvalue weighted by Crippen LogP contribution is 2.30. The van der Waals surface area contributed by atoms with Crippen LogP contribution in [0.3, 0.4) is 0 Å². The molecule has 1 amide bonds. The van der Waals surface area contributed by atoms with Crippen LogP contribution in [-0.4, -0.2) is 80.9 Å². The Morgan fingerprint density at radius 3 is 2.44 bits per heavy atom. The molecule has 13 nitrogen and oxygen atoms in total. The van der Waals surface area contributed by atoms with Gasteiger partial charge in [-0.3, -0.25) is 9.69 Å². The smallest absolute Gasteiger partial charge is 0.316 e. The molecule has 4 heterocycles. The summed E-state index contributed by atoms with van der Waals surface area (Å²) in [6, 6.07) is 15.5. The summed E-state index contributed by atoms with van der Waals surface area (Å²) in [5, 5.41) is 23.3. The van der Waals surface area contributed by atoms with Gasteiger partial charge in [0.05, 0.1) is 19.4 Å². The lowest BCUT2D eigenvalue weighted by atomic mass is 9.90. The molecule has 2 N–H and O–H groups in total. The number of carbonyl (C=O) groups excluding carboxylic acids is 1. The van der Waals surface area contributed by atoms with Crippen LogP contribution in [0.4, 0.5) is 17.6 Å². The first-order valence-corrected chi connectivity index (χ1v) is 16.3. The van der Waals surface area contributed by atoms with Gasteiger partial charge in [0.25, 0.3) is 5.91 Å². The normalized spacial score (nSPS) is 19.4. The van der Waals surface area contributed by atoms with Gasteiger partial charge in [0.15, 0.2) is 12.4 Å². The van der Waals surface area contributed by atoms with Crippen molar-refractivity contribution in [3.05, 3.63) is 72.8 Å². The van der Waals surface area contributed by atoms with Gasteiger partial charge in [0.1, 0.15) is 23.2 Å². The van der Waals surface area contributed by atoms with E-state index in [9.17, 15) is 15.2 Å². The fourth-order valence-corrected chi connectivity index (χ4v) is 6.23. The van der Waals surface area contributed by atoms with E-state index in [0.717, 1.165) is 56.2 Å². The highest BCUT2D eigenvalue weighted by Gasteiger charge is 2.32. The summed E-state index contributed by atoms with van der Waals surface area (Å²) in [5.74, 6) is 2.07. The molecule has 248 valence electrons. The van der Waals surface area contributed by atoms with Crippen LogP contribution in [0.15, 0.2) is 67.3 Å². The summed E-state index contributed by atoms with van der Waals surface area (Å²) in [4.78, 5) is 39.8. The molecule has 2 fully saturated rings. The Balaban J connectivity index is 1.15. The number of nitrogens with zero attached hydrogens (tertiary/aromatic N) is 8. The van der Waals surface area contributed by atoms with Crippen LogP contribution in [0.2, 0.25) is 0 Å². The van der Waals surface area contributed by atoms with Gasteiger partial charge in [0.2, 0.25) is 5.95 Å². The molecule has 1 saturated carbocycles. The average Bonchev–Trinajstić information content (AvgIpc) is 3.36. The lowest BCUT2D eigenvalue weighted by Gasteiger charge is -2.36. The van der Waals surface area contributed by atoms with Gasteiger partial charge in [-0.25, -0.2) is 19.9 Å². The van der Waals surface area contributed by atoms with E-state index >= 15 is 0 Å². The standard InChI is InChI=1S/C35H39N9O4/c1-47-35-39-21-26(22-40-35)24-9-14-31(37-19-24)44(32(46)23-48-30-7-3-2-4-8-30)28-12-10-27(11-13-28)41-34-38-20-25(18-36)33(42-34)43-16-5-6-29(45)15-17-43/h2-4,7-9,14,19-22,27-29,45H,5-6,10-13,15-17,23H2,1H3,(H,38,41,42). The number of carbonyl (C=O) groups is 1. The summed E-state index contributed by atoms with van der Waals surface area (Å²) in [6.45, 7) is 1.25. The Bertz CT molecular complexity index is 1690. The fraction of sp³-hybridized carbons (Fsp3) is 0.400. The van der Waals surface area contributed by atoms with Gasteiger partial charge in [0, 0.05) is 54.9 Å². The number of pyridine rings is 1. The number of anilines is 3. The number of para-hydroxylation sites is 1. The second-order valence-corrected chi connectivity index (χ2v) is 12.0. The fourth-order valence-electron chi connectivity index (χ4n) is 6.23. The minimum absolute atomic E-state index is 0.0847. The molecule has 1 aliphatic heterocycles. The van der Waals surface area contributed by atoms with E-state index in [1.807, 2.05) is 42.5 Å². The zero-order chi connectivity index (χ0) is 33.3. The van der Waals surface area contributed by atoms with Gasteiger partial charge in [-0.15, -0.1) is 0 Å². The molecule has 1 aliphatic carbocycles. The Kier molecular flexibility index (Phi) is 10.5. The maximum Gasteiger partial charge on any atom is 0.316 e. The van der Waals surface area contributed by atoms with Crippen molar-refractivity contribution in [2.45, 2.75) is 63.1 Å². The molecule has 4 aromatic rings. The molecule has 0 bridgehead atoms. The van der Waals surface area contributed by atoms with Crippen LogP contribution in [0, 0.1) is 11.3 Å². The largest absolute Gasteiger partial charge is 0.484 e. The van der Waals surface area contributed by atoms with Crippen molar-refractivity contribution < 1.29 is 19.4 Å². The number of amides is 1. The number of aromatic nitrogens is 5. The summed E-state index contributed by atoms with van der Waals surface area (Å²) < 4.78 is 10.9. The summed E-state index contributed by atoms with van der Waals surface area (Å²) >= 11 is 0. The molecule has 3 aromatic heterocycles. The van der Waals surface area contributed by atoms with Gasteiger partial charge in [-0.2, -0.15) is 10.2 Å². The predicted octanol–water partition coefficient (Wildman–Crippen LogP) is 4.40. The number of nitriles is 1. The number of rotatable bonds is 10. The number of hydrogen-bond donors (Lipinski definition) is 2. The Labute approximate surface area is 279 Å². The number of aliphatic hydroxyl groups is 1. The second kappa shape index (κ2) is 15.5. The molecule has 48 heavy (non-hydrogen) atoms. The molecule has 2 aliphatic rings. The zero-order valence-corrected chi connectivity index (χ0v) is 26.9. The molecule has 1 unspecified atom stereocenters. The first-order chi connectivity index (χ1) is 23.5. The van der Waals surface area contributed by atoms with Crippen molar-refractivity contribution in [2.24, 2.45) is 0 Å². The number of methoxy groups -OCH3 is 1. The van der Waals surface area contributed by atoms with E-state index in [1.165, 1.54) is 7.11 Å². The number of hydrogen-bond acceptors (Lipinski definition) is 12. The number of nitrogens with one attached hydrogen (secondary N) is 1. The third kappa shape index (κ3) is 7.95. The Hall–Kier alpha value is -5.35. The maximum atomic E-state index is 13.8. The molecule has 13 heteroatoms. The van der Waals surface area contributed by atoms with Crippen LogP contribution >= 0.6 is 0 Å². The number of benzene rings is 1. The first-order valence-electron chi connectivity index (χ1n) is 16.3. The Morgan fingerprint density at radius 1 is 0.958 bits per heavy atom. The van der Waals surface area contributed by atoms with Gasteiger partial charge in [-0.05, 0) is 69.2 Å². The van der Waals surface area contributed by atoms with E-state index in [0.29, 0.717) is 41.9 Å². The summed E-state index contributed by atoms with van der Waals surface area (Å²) in [6.07, 6.45) is 11.6. The highest BCUT2D eigenvalue weighted by molar-refractivity contribution is 5.94. The molecule has 1 aromatic carbocycles. The zero-order valence-electron chi connectivity index (χ0n) is 26.9.